The maximum Gasteiger partial charge on any atom is 0.325 e. The topological polar surface area (TPSA) is 79.8 Å². The van der Waals surface area contributed by atoms with Gasteiger partial charge >= 0.3 is 6.03 Å². The molecule has 0 saturated heterocycles. The molecular weight excluding hydrogens is 330 g/mol. The van der Waals surface area contributed by atoms with E-state index in [0.717, 1.165) is 21.3 Å². The Morgan fingerprint density at radius 3 is 2.74 bits per heavy atom. The van der Waals surface area contributed by atoms with E-state index in [1.807, 2.05) is 48.7 Å². The van der Waals surface area contributed by atoms with E-state index in [-0.39, 0.29) is 6.03 Å². The van der Waals surface area contributed by atoms with E-state index in [4.69, 9.17) is 0 Å². The van der Waals surface area contributed by atoms with Gasteiger partial charge in [0.1, 0.15) is 0 Å². The van der Waals surface area contributed by atoms with Crippen LogP contribution in [0.15, 0.2) is 59.2 Å². The fourth-order valence-corrected chi connectivity index (χ4v) is 3.41. The number of amides is 2. The average Bonchev–Trinajstić information content (AvgIpc) is 3.02. The number of nitrogens with zero attached hydrogens (tertiary/aromatic N) is 3. The zero-order valence-corrected chi connectivity index (χ0v) is 13.6. The first-order chi connectivity index (χ1) is 11.3. The molecule has 2 aromatic heterocycles. The number of urea groups is 1. The first kappa shape index (κ1) is 15.4. The Hall–Kier alpha value is -2.45. The Bertz CT molecular complexity index is 764. The van der Waals surface area contributed by atoms with E-state index in [2.05, 4.69) is 25.8 Å². The number of para-hydroxylation sites is 1. The third-order valence-electron chi connectivity index (χ3n) is 2.74. The number of benzene rings is 1. The van der Waals surface area contributed by atoms with Gasteiger partial charge in [0.2, 0.25) is 5.13 Å². The van der Waals surface area contributed by atoms with Crippen molar-refractivity contribution in [3.8, 4) is 0 Å². The number of rotatable bonds is 5. The van der Waals surface area contributed by atoms with Crippen LogP contribution in [0.1, 0.15) is 5.56 Å². The molecule has 0 aliphatic heterocycles. The number of hydrogen-bond donors (Lipinski definition) is 2. The summed E-state index contributed by atoms with van der Waals surface area (Å²) in [4.78, 5) is 15.9. The summed E-state index contributed by atoms with van der Waals surface area (Å²) in [5.74, 6) is 0.763. The molecule has 0 aliphatic rings. The van der Waals surface area contributed by atoms with Crippen LogP contribution in [0.2, 0.25) is 0 Å². The van der Waals surface area contributed by atoms with E-state index >= 15 is 0 Å². The van der Waals surface area contributed by atoms with Crippen LogP contribution in [0.25, 0.3) is 0 Å². The lowest BCUT2D eigenvalue weighted by Gasteiger charge is -2.03. The molecule has 1 aromatic carbocycles. The van der Waals surface area contributed by atoms with Gasteiger partial charge in [0, 0.05) is 23.8 Å². The maximum atomic E-state index is 11.9. The second-order valence-electron chi connectivity index (χ2n) is 4.47. The van der Waals surface area contributed by atoms with Gasteiger partial charge in [-0.3, -0.25) is 10.3 Å². The van der Waals surface area contributed by atoms with Crippen molar-refractivity contribution in [3.05, 3.63) is 60.4 Å². The summed E-state index contributed by atoms with van der Waals surface area (Å²) in [5.41, 5.74) is 1.84. The highest BCUT2D eigenvalue weighted by Crippen LogP contribution is 2.28. The Kier molecular flexibility index (Phi) is 5.17. The first-order valence-corrected chi connectivity index (χ1v) is 8.58. The molecule has 8 heteroatoms. The minimum absolute atomic E-state index is 0.337. The molecule has 0 spiro atoms. The molecule has 3 aromatic rings. The monoisotopic (exact) mass is 343 g/mol. The Morgan fingerprint density at radius 1 is 1.09 bits per heavy atom. The highest BCUT2D eigenvalue weighted by molar-refractivity contribution is 8.00. The van der Waals surface area contributed by atoms with Crippen molar-refractivity contribution < 1.29 is 4.79 Å². The summed E-state index contributed by atoms with van der Waals surface area (Å²) in [5, 5.41) is 13.9. The van der Waals surface area contributed by atoms with Crippen LogP contribution >= 0.6 is 23.1 Å². The third-order valence-corrected chi connectivity index (χ3v) is 4.79. The molecule has 2 N–H and O–H groups in total. The van der Waals surface area contributed by atoms with E-state index in [0.29, 0.717) is 5.13 Å². The predicted molar refractivity (Wildman–Crippen MR) is 92.8 cm³/mol. The number of thioether (sulfide) groups is 1. The molecule has 3 rings (SSSR count). The molecule has 0 saturated carbocycles. The predicted octanol–water partition coefficient (Wildman–Crippen LogP) is 3.87. The van der Waals surface area contributed by atoms with E-state index in [9.17, 15) is 4.79 Å². The van der Waals surface area contributed by atoms with Gasteiger partial charge in [-0.25, -0.2) is 4.79 Å². The van der Waals surface area contributed by atoms with Crippen molar-refractivity contribution in [3.63, 3.8) is 0 Å². The molecule has 6 nitrogen and oxygen atoms in total. The van der Waals surface area contributed by atoms with E-state index < -0.39 is 0 Å². The van der Waals surface area contributed by atoms with Crippen LogP contribution in [0.5, 0.6) is 0 Å². The lowest BCUT2D eigenvalue weighted by molar-refractivity contribution is 0.262. The van der Waals surface area contributed by atoms with Crippen LogP contribution in [0.4, 0.5) is 15.6 Å². The summed E-state index contributed by atoms with van der Waals surface area (Å²) < 4.78 is 0.795. The Morgan fingerprint density at radius 2 is 1.96 bits per heavy atom. The molecule has 0 aliphatic carbocycles. The normalized spacial score (nSPS) is 10.3. The highest BCUT2D eigenvalue weighted by atomic mass is 32.2. The molecule has 0 fully saturated rings. The standard InChI is InChI=1S/C15H13N5OS2/c21-13(17-12-6-2-1-3-7-12)18-14-19-20-15(23-14)22-10-11-5-4-8-16-9-11/h1-9H,10H2,(H2,17,18,19,21). The number of nitrogens with one attached hydrogen (secondary N) is 2. The van der Waals surface area contributed by atoms with E-state index in [1.54, 1.807) is 18.0 Å². The van der Waals surface area contributed by atoms with Crippen LogP contribution in [-0.2, 0) is 5.75 Å². The average molecular weight is 343 g/mol. The van der Waals surface area contributed by atoms with Gasteiger partial charge in [-0.15, -0.1) is 10.2 Å². The van der Waals surface area contributed by atoms with Gasteiger partial charge in [0.25, 0.3) is 0 Å². The smallest absolute Gasteiger partial charge is 0.308 e. The lowest BCUT2D eigenvalue weighted by atomic mass is 10.3. The maximum absolute atomic E-state index is 11.9. The quantitative estimate of drug-likeness (QED) is 0.543. The van der Waals surface area contributed by atoms with Gasteiger partial charge in [0.15, 0.2) is 4.34 Å². The second-order valence-corrected chi connectivity index (χ2v) is 6.67. The zero-order valence-electron chi connectivity index (χ0n) is 12.0. The Labute approximate surface area is 141 Å². The molecule has 0 bridgehead atoms. The van der Waals surface area contributed by atoms with E-state index in [1.165, 1.54) is 11.3 Å². The van der Waals surface area contributed by atoms with Crippen LogP contribution in [0, 0.1) is 0 Å². The molecule has 2 heterocycles. The van der Waals surface area contributed by atoms with Crippen LogP contribution < -0.4 is 10.6 Å². The van der Waals surface area contributed by atoms with Crippen molar-refractivity contribution in [2.24, 2.45) is 0 Å². The molecule has 2 amide bonds. The number of pyridine rings is 1. The summed E-state index contributed by atoms with van der Waals surface area (Å²) in [7, 11) is 0. The fourth-order valence-electron chi connectivity index (χ4n) is 1.73. The van der Waals surface area contributed by atoms with Gasteiger partial charge < -0.3 is 5.32 Å². The minimum Gasteiger partial charge on any atom is -0.308 e. The Balaban J connectivity index is 1.52. The number of carbonyl (C=O) groups excluding carboxylic acids is 1. The van der Waals surface area contributed by atoms with Gasteiger partial charge in [-0.2, -0.15) is 0 Å². The summed E-state index contributed by atoms with van der Waals surface area (Å²) >= 11 is 2.90. The highest BCUT2D eigenvalue weighted by Gasteiger charge is 2.09. The molecular formula is C15H13N5OS2. The largest absolute Gasteiger partial charge is 0.325 e. The van der Waals surface area contributed by atoms with Crippen molar-refractivity contribution in [1.82, 2.24) is 15.2 Å². The number of aromatic nitrogens is 3. The van der Waals surface area contributed by atoms with Crippen molar-refractivity contribution in [2.45, 2.75) is 10.1 Å². The molecule has 0 unspecified atom stereocenters. The molecule has 0 atom stereocenters. The molecule has 23 heavy (non-hydrogen) atoms. The van der Waals surface area contributed by atoms with Crippen molar-refractivity contribution >= 4 is 39.9 Å². The minimum atomic E-state index is -0.337. The number of hydrogen-bond acceptors (Lipinski definition) is 6. The SMILES string of the molecule is O=C(Nc1ccccc1)Nc1nnc(SCc2cccnc2)s1. The molecule has 0 radical (unpaired) electrons. The molecule has 116 valence electrons. The second kappa shape index (κ2) is 7.70. The van der Waals surface area contributed by atoms with Crippen LogP contribution in [-0.4, -0.2) is 21.2 Å². The fraction of sp³-hybridized carbons (Fsp3) is 0.0667. The number of carbonyl (C=O) groups is 1. The zero-order chi connectivity index (χ0) is 15.9. The van der Waals surface area contributed by atoms with Crippen molar-refractivity contribution in [1.29, 1.82) is 0 Å². The lowest BCUT2D eigenvalue weighted by Crippen LogP contribution is -2.19. The first-order valence-electron chi connectivity index (χ1n) is 6.78. The number of anilines is 2. The summed E-state index contributed by atoms with van der Waals surface area (Å²) in [6, 6.07) is 12.8. The summed E-state index contributed by atoms with van der Waals surface area (Å²) in [6.45, 7) is 0. The van der Waals surface area contributed by atoms with Crippen molar-refractivity contribution in [2.75, 3.05) is 10.6 Å². The van der Waals surface area contributed by atoms with Gasteiger partial charge in [-0.05, 0) is 23.8 Å². The van der Waals surface area contributed by atoms with Gasteiger partial charge in [-0.1, -0.05) is 47.4 Å². The third kappa shape index (κ3) is 4.76. The summed E-state index contributed by atoms with van der Waals surface area (Å²) in [6.07, 6.45) is 3.56. The van der Waals surface area contributed by atoms with Gasteiger partial charge in [0.05, 0.1) is 0 Å². The van der Waals surface area contributed by atoms with Crippen LogP contribution in [0.3, 0.4) is 0 Å².